The van der Waals surface area contributed by atoms with Crippen molar-refractivity contribution in [3.8, 4) is 0 Å². The Labute approximate surface area is 138 Å². The summed E-state index contributed by atoms with van der Waals surface area (Å²) in [5.74, 6) is -2.04. The molecule has 1 aromatic heterocycles. The van der Waals surface area contributed by atoms with E-state index in [1.165, 1.54) is 24.4 Å². The lowest BCUT2D eigenvalue weighted by Crippen LogP contribution is -2.05. The maximum absolute atomic E-state index is 13.2. The van der Waals surface area contributed by atoms with Crippen molar-refractivity contribution in [3.05, 3.63) is 65.6 Å². The zero-order chi connectivity index (χ0) is 18.2. The number of halogens is 4. The SMILES string of the molecule is O=C(O)c1cc(F)ccc1Nc1ccnc2cc(C(F)(F)F)ccc12. The predicted octanol–water partition coefficient (Wildman–Crippen LogP) is 4.83. The average Bonchev–Trinajstić information content (AvgIpc) is 2.55. The Balaban J connectivity index is 2.07. The number of rotatable bonds is 3. The number of hydrogen-bond donors (Lipinski definition) is 2. The van der Waals surface area contributed by atoms with E-state index in [1.807, 2.05) is 0 Å². The summed E-state index contributed by atoms with van der Waals surface area (Å²) in [7, 11) is 0. The van der Waals surface area contributed by atoms with Crippen molar-refractivity contribution in [1.82, 2.24) is 4.98 Å². The molecule has 2 aromatic carbocycles. The fraction of sp³-hybridized carbons (Fsp3) is 0.0588. The topological polar surface area (TPSA) is 62.2 Å². The van der Waals surface area contributed by atoms with Crippen LogP contribution in [0, 0.1) is 5.82 Å². The van der Waals surface area contributed by atoms with Gasteiger partial charge in [0.05, 0.1) is 22.3 Å². The molecule has 2 N–H and O–H groups in total. The number of alkyl halides is 3. The lowest BCUT2D eigenvalue weighted by Gasteiger charge is -2.13. The van der Waals surface area contributed by atoms with Crippen LogP contribution in [0.3, 0.4) is 0 Å². The maximum Gasteiger partial charge on any atom is 0.416 e. The van der Waals surface area contributed by atoms with Gasteiger partial charge in [-0.25, -0.2) is 9.18 Å². The van der Waals surface area contributed by atoms with Gasteiger partial charge >= 0.3 is 12.1 Å². The standard InChI is InChI=1S/C17H10F4N2O2/c18-10-2-4-13(12(8-10)16(24)25)23-14-5-6-22-15-7-9(17(19,20)21)1-3-11(14)15/h1-8H,(H,22,23)(H,24,25). The Morgan fingerprint density at radius 1 is 1.04 bits per heavy atom. The zero-order valence-corrected chi connectivity index (χ0v) is 12.4. The minimum atomic E-state index is -4.49. The Bertz CT molecular complexity index is 971. The Kier molecular flexibility index (Phi) is 4.03. The first kappa shape index (κ1) is 16.7. The number of carbonyl (C=O) groups is 1. The highest BCUT2D eigenvalue weighted by Crippen LogP contribution is 2.33. The van der Waals surface area contributed by atoms with E-state index < -0.39 is 23.5 Å². The normalized spacial score (nSPS) is 11.5. The van der Waals surface area contributed by atoms with Crippen molar-refractivity contribution in [2.75, 3.05) is 5.32 Å². The minimum Gasteiger partial charge on any atom is -0.478 e. The molecule has 0 aliphatic carbocycles. The number of nitrogens with one attached hydrogen (secondary N) is 1. The van der Waals surface area contributed by atoms with Crippen LogP contribution in [0.25, 0.3) is 10.9 Å². The molecule has 4 nitrogen and oxygen atoms in total. The molecule has 0 radical (unpaired) electrons. The molecule has 8 heteroatoms. The van der Waals surface area contributed by atoms with Gasteiger partial charge in [0.1, 0.15) is 5.82 Å². The number of fused-ring (bicyclic) bond motifs is 1. The molecule has 0 bridgehead atoms. The third kappa shape index (κ3) is 3.37. The van der Waals surface area contributed by atoms with Crippen LogP contribution in [0.2, 0.25) is 0 Å². The van der Waals surface area contributed by atoms with E-state index in [-0.39, 0.29) is 16.8 Å². The van der Waals surface area contributed by atoms with Gasteiger partial charge in [0, 0.05) is 17.3 Å². The number of pyridine rings is 1. The van der Waals surface area contributed by atoms with Crippen LogP contribution in [0.1, 0.15) is 15.9 Å². The molecule has 0 aliphatic heterocycles. The fourth-order valence-electron chi connectivity index (χ4n) is 2.38. The van der Waals surface area contributed by atoms with Crippen LogP contribution >= 0.6 is 0 Å². The van der Waals surface area contributed by atoms with Gasteiger partial charge in [0.15, 0.2) is 0 Å². The van der Waals surface area contributed by atoms with Crippen LogP contribution < -0.4 is 5.32 Å². The van der Waals surface area contributed by atoms with Crippen molar-refractivity contribution in [2.24, 2.45) is 0 Å². The summed E-state index contributed by atoms with van der Waals surface area (Å²) in [5, 5.41) is 12.3. The van der Waals surface area contributed by atoms with Gasteiger partial charge in [0.25, 0.3) is 0 Å². The summed E-state index contributed by atoms with van der Waals surface area (Å²) in [6.45, 7) is 0. The smallest absolute Gasteiger partial charge is 0.416 e. The number of carboxylic acids is 1. The minimum absolute atomic E-state index is 0.0961. The fourth-order valence-corrected chi connectivity index (χ4v) is 2.38. The third-order valence-electron chi connectivity index (χ3n) is 3.55. The van der Waals surface area contributed by atoms with Gasteiger partial charge < -0.3 is 10.4 Å². The molecule has 0 spiro atoms. The average molecular weight is 350 g/mol. The van der Waals surface area contributed by atoms with Crippen LogP contribution in [0.4, 0.5) is 28.9 Å². The summed E-state index contributed by atoms with van der Waals surface area (Å²) in [6.07, 6.45) is -3.19. The first-order valence-electron chi connectivity index (χ1n) is 7.01. The molecule has 3 aromatic rings. The van der Waals surface area contributed by atoms with Gasteiger partial charge in [-0.2, -0.15) is 13.2 Å². The number of aromatic nitrogens is 1. The highest BCUT2D eigenvalue weighted by Gasteiger charge is 2.30. The number of benzene rings is 2. The molecule has 0 saturated heterocycles. The number of aromatic carboxylic acids is 1. The highest BCUT2D eigenvalue weighted by molar-refractivity contribution is 5.98. The summed E-state index contributed by atoms with van der Waals surface area (Å²) < 4.78 is 51.6. The number of carboxylic acid groups (broad SMARTS) is 1. The summed E-state index contributed by atoms with van der Waals surface area (Å²) >= 11 is 0. The zero-order valence-electron chi connectivity index (χ0n) is 12.4. The van der Waals surface area contributed by atoms with Gasteiger partial charge in [-0.15, -0.1) is 0 Å². The van der Waals surface area contributed by atoms with E-state index in [1.54, 1.807) is 0 Å². The molecule has 0 atom stereocenters. The first-order chi connectivity index (χ1) is 11.8. The molecular weight excluding hydrogens is 340 g/mol. The lowest BCUT2D eigenvalue weighted by molar-refractivity contribution is -0.137. The van der Waals surface area contributed by atoms with Crippen LogP contribution in [-0.2, 0) is 6.18 Å². The van der Waals surface area contributed by atoms with E-state index in [0.29, 0.717) is 11.1 Å². The van der Waals surface area contributed by atoms with Crippen molar-refractivity contribution in [1.29, 1.82) is 0 Å². The molecular formula is C17H10F4N2O2. The second-order valence-electron chi connectivity index (χ2n) is 5.21. The molecule has 1 heterocycles. The Morgan fingerprint density at radius 3 is 2.48 bits per heavy atom. The molecule has 0 amide bonds. The third-order valence-corrected chi connectivity index (χ3v) is 3.55. The molecule has 128 valence electrons. The number of hydrogen-bond acceptors (Lipinski definition) is 3. The molecule has 0 unspecified atom stereocenters. The van der Waals surface area contributed by atoms with E-state index in [2.05, 4.69) is 10.3 Å². The molecule has 25 heavy (non-hydrogen) atoms. The summed E-state index contributed by atoms with van der Waals surface area (Å²) in [6, 6.07) is 7.74. The van der Waals surface area contributed by atoms with Crippen LogP contribution in [0.15, 0.2) is 48.7 Å². The molecule has 0 fully saturated rings. The van der Waals surface area contributed by atoms with E-state index in [9.17, 15) is 22.4 Å². The number of nitrogens with zero attached hydrogens (tertiary/aromatic N) is 1. The van der Waals surface area contributed by atoms with Crippen molar-refractivity contribution in [2.45, 2.75) is 6.18 Å². The predicted molar refractivity (Wildman–Crippen MR) is 83.4 cm³/mol. The van der Waals surface area contributed by atoms with E-state index in [4.69, 9.17) is 5.11 Å². The molecule has 0 saturated carbocycles. The van der Waals surface area contributed by atoms with Crippen molar-refractivity contribution < 1.29 is 27.5 Å². The first-order valence-corrected chi connectivity index (χ1v) is 7.01. The van der Waals surface area contributed by atoms with Crippen LogP contribution in [-0.4, -0.2) is 16.1 Å². The van der Waals surface area contributed by atoms with Gasteiger partial charge in [-0.1, -0.05) is 6.07 Å². The van der Waals surface area contributed by atoms with Crippen molar-refractivity contribution in [3.63, 3.8) is 0 Å². The summed E-state index contributed by atoms with van der Waals surface area (Å²) in [4.78, 5) is 15.2. The van der Waals surface area contributed by atoms with E-state index >= 15 is 0 Å². The van der Waals surface area contributed by atoms with Gasteiger partial charge in [-0.05, 0) is 36.4 Å². The monoisotopic (exact) mass is 350 g/mol. The maximum atomic E-state index is 13.2. The largest absolute Gasteiger partial charge is 0.478 e. The summed E-state index contributed by atoms with van der Waals surface area (Å²) in [5.41, 5.74) is -0.567. The second kappa shape index (κ2) is 6.04. The Morgan fingerprint density at radius 2 is 1.80 bits per heavy atom. The van der Waals surface area contributed by atoms with Crippen LogP contribution in [0.5, 0.6) is 0 Å². The highest BCUT2D eigenvalue weighted by atomic mass is 19.4. The van der Waals surface area contributed by atoms with Gasteiger partial charge in [0.2, 0.25) is 0 Å². The van der Waals surface area contributed by atoms with E-state index in [0.717, 1.165) is 24.3 Å². The van der Waals surface area contributed by atoms with Gasteiger partial charge in [-0.3, -0.25) is 4.98 Å². The van der Waals surface area contributed by atoms with Crippen molar-refractivity contribution >= 4 is 28.2 Å². The molecule has 0 aliphatic rings. The quantitative estimate of drug-likeness (QED) is 0.664. The number of anilines is 2. The second-order valence-corrected chi connectivity index (χ2v) is 5.21. The lowest BCUT2D eigenvalue weighted by atomic mass is 10.1. The Hall–Kier alpha value is -3.16. The molecule has 3 rings (SSSR count).